The summed E-state index contributed by atoms with van der Waals surface area (Å²) in [5.74, 6) is -0.0719. The van der Waals surface area contributed by atoms with Crippen LogP contribution in [0.15, 0.2) is 29.4 Å². The van der Waals surface area contributed by atoms with Crippen molar-refractivity contribution in [3.05, 3.63) is 39.9 Å². The van der Waals surface area contributed by atoms with Crippen molar-refractivity contribution in [1.29, 1.82) is 0 Å². The third-order valence-corrected chi connectivity index (χ3v) is 5.22. The Morgan fingerprint density at radius 1 is 1.35 bits per heavy atom. The van der Waals surface area contributed by atoms with Crippen LogP contribution in [0.3, 0.4) is 0 Å². The number of benzene rings is 1. The Bertz CT molecular complexity index is 607. The second-order valence-corrected chi connectivity index (χ2v) is 6.61. The quantitative estimate of drug-likeness (QED) is 0.374. The summed E-state index contributed by atoms with van der Waals surface area (Å²) < 4.78 is 24.0. The Balaban J connectivity index is 3.23. The molecule has 1 aromatic rings. The summed E-state index contributed by atoms with van der Waals surface area (Å²) >= 11 is 0. The molecule has 0 radical (unpaired) electrons. The van der Waals surface area contributed by atoms with Crippen molar-refractivity contribution in [1.82, 2.24) is 0 Å². The number of nitrogens with zero attached hydrogens (tertiary/aromatic N) is 2. The minimum absolute atomic E-state index is 0.00393. The number of nitro groups is 1. The lowest BCUT2D eigenvalue weighted by molar-refractivity contribution is -0.384. The third-order valence-electron chi connectivity index (χ3n) is 2.99. The number of hydrogen-bond donors (Lipinski definition) is 1. The maximum atomic E-state index is 12.0. The number of nitro benzene ring substituents is 1. The van der Waals surface area contributed by atoms with Gasteiger partial charge in [-0.3, -0.25) is 10.1 Å². The predicted molar refractivity (Wildman–Crippen MR) is 75.0 cm³/mol. The van der Waals surface area contributed by atoms with Crippen molar-refractivity contribution in [2.45, 2.75) is 25.5 Å². The summed E-state index contributed by atoms with van der Waals surface area (Å²) in [5.41, 5.74) is 0.239. The lowest BCUT2D eigenvalue weighted by Crippen LogP contribution is -2.31. The van der Waals surface area contributed by atoms with Crippen LogP contribution in [0.2, 0.25) is 0 Å². The normalized spacial score (nSPS) is 14.0. The molecule has 0 saturated carbocycles. The Morgan fingerprint density at radius 3 is 2.25 bits per heavy atom. The topological polar surface area (TPSA) is 110 Å². The number of sulfone groups is 1. The van der Waals surface area contributed by atoms with Crippen molar-refractivity contribution in [3.8, 4) is 0 Å². The molecule has 0 heterocycles. The molecule has 0 unspecified atom stereocenters. The summed E-state index contributed by atoms with van der Waals surface area (Å²) in [6.07, 6.45) is 0.257. The Morgan fingerprint density at radius 2 is 1.90 bits per heavy atom. The van der Waals surface area contributed by atoms with E-state index < -0.39 is 20.0 Å². The molecule has 1 rings (SSSR count). The molecule has 1 aromatic carbocycles. The molecule has 20 heavy (non-hydrogen) atoms. The van der Waals surface area contributed by atoms with Gasteiger partial charge in [0.05, 0.1) is 4.92 Å². The fraction of sp³-hybridized carbons (Fsp3) is 0.417. The van der Waals surface area contributed by atoms with Gasteiger partial charge < -0.3 is 5.21 Å². The summed E-state index contributed by atoms with van der Waals surface area (Å²) in [5, 5.41) is 21.8. The van der Waals surface area contributed by atoms with E-state index in [1.54, 1.807) is 6.92 Å². The molecule has 0 saturated heterocycles. The van der Waals surface area contributed by atoms with Gasteiger partial charge in [-0.25, -0.2) is 8.42 Å². The first-order chi connectivity index (χ1) is 9.37. The molecule has 0 spiro atoms. The molecular weight excluding hydrogens is 284 g/mol. The zero-order valence-corrected chi connectivity index (χ0v) is 12.0. The zero-order valence-electron chi connectivity index (χ0n) is 11.2. The summed E-state index contributed by atoms with van der Waals surface area (Å²) in [7, 11) is -3.42. The largest absolute Gasteiger partial charge is 0.411 e. The van der Waals surface area contributed by atoms with Crippen molar-refractivity contribution in [3.63, 3.8) is 0 Å². The molecule has 0 aliphatic heterocycles. The second-order valence-electron chi connectivity index (χ2n) is 4.14. The molecule has 1 N–H and O–H groups in total. The standard InChI is InChI=1S/C12H16N2O5S/c1-3-11(20(18,19)4-2)12(13-15)9-5-7-10(8-6-9)14(16)17/h5-8,11,15H,3-4H2,1-2H3/b13-12-/t11-/m1/s1. The maximum Gasteiger partial charge on any atom is 0.269 e. The molecule has 0 bridgehead atoms. The van der Waals surface area contributed by atoms with Crippen LogP contribution in [0.5, 0.6) is 0 Å². The first-order valence-corrected chi connectivity index (χ1v) is 7.77. The highest BCUT2D eigenvalue weighted by Gasteiger charge is 2.29. The smallest absolute Gasteiger partial charge is 0.269 e. The Labute approximate surface area is 117 Å². The summed E-state index contributed by atoms with van der Waals surface area (Å²) in [6.45, 7) is 3.19. The van der Waals surface area contributed by atoms with Gasteiger partial charge in [0.25, 0.3) is 5.69 Å². The second kappa shape index (κ2) is 6.47. The molecule has 0 aromatic heterocycles. The fourth-order valence-corrected chi connectivity index (χ4v) is 3.31. The predicted octanol–water partition coefficient (Wildman–Crippen LogP) is 1.99. The van der Waals surface area contributed by atoms with Crippen LogP contribution in [-0.4, -0.2) is 35.3 Å². The van der Waals surface area contributed by atoms with Gasteiger partial charge in [-0.2, -0.15) is 0 Å². The average Bonchev–Trinajstić information content (AvgIpc) is 2.44. The van der Waals surface area contributed by atoms with Crippen LogP contribution in [0.25, 0.3) is 0 Å². The third kappa shape index (κ3) is 3.32. The number of oxime groups is 1. The van der Waals surface area contributed by atoms with Gasteiger partial charge in [-0.15, -0.1) is 0 Å². The van der Waals surface area contributed by atoms with E-state index in [0.717, 1.165) is 0 Å². The van der Waals surface area contributed by atoms with Gasteiger partial charge in [0.1, 0.15) is 11.0 Å². The van der Waals surface area contributed by atoms with Crippen LogP contribution >= 0.6 is 0 Å². The van der Waals surface area contributed by atoms with Gasteiger partial charge in [0.2, 0.25) is 0 Å². The number of rotatable bonds is 6. The van der Waals surface area contributed by atoms with Crippen molar-refractivity contribution >= 4 is 21.2 Å². The van der Waals surface area contributed by atoms with Crippen LogP contribution in [0.4, 0.5) is 5.69 Å². The van der Waals surface area contributed by atoms with Crippen LogP contribution < -0.4 is 0 Å². The lowest BCUT2D eigenvalue weighted by atomic mass is 10.1. The molecule has 0 aliphatic rings. The van der Waals surface area contributed by atoms with Crippen LogP contribution in [-0.2, 0) is 9.84 Å². The van der Waals surface area contributed by atoms with E-state index in [1.165, 1.54) is 31.2 Å². The van der Waals surface area contributed by atoms with E-state index in [1.807, 2.05) is 0 Å². The minimum atomic E-state index is -3.42. The van der Waals surface area contributed by atoms with Gasteiger partial charge in [-0.05, 0) is 18.6 Å². The van der Waals surface area contributed by atoms with Gasteiger partial charge in [0.15, 0.2) is 9.84 Å². The van der Waals surface area contributed by atoms with E-state index in [4.69, 9.17) is 5.21 Å². The van der Waals surface area contributed by atoms with Crippen molar-refractivity contribution < 1.29 is 18.5 Å². The van der Waals surface area contributed by atoms with E-state index in [2.05, 4.69) is 5.16 Å². The zero-order chi connectivity index (χ0) is 15.3. The molecule has 0 fully saturated rings. The molecule has 110 valence electrons. The Hall–Kier alpha value is -1.96. The Kier molecular flexibility index (Phi) is 5.20. The van der Waals surface area contributed by atoms with E-state index in [9.17, 15) is 18.5 Å². The first-order valence-electron chi connectivity index (χ1n) is 6.05. The van der Waals surface area contributed by atoms with E-state index in [0.29, 0.717) is 5.56 Å². The van der Waals surface area contributed by atoms with E-state index >= 15 is 0 Å². The van der Waals surface area contributed by atoms with Gasteiger partial charge in [-0.1, -0.05) is 19.0 Å². The molecule has 0 aliphatic carbocycles. The lowest BCUT2D eigenvalue weighted by Gasteiger charge is -2.16. The molecule has 8 heteroatoms. The van der Waals surface area contributed by atoms with Crippen LogP contribution in [0.1, 0.15) is 25.8 Å². The minimum Gasteiger partial charge on any atom is -0.411 e. The first kappa shape index (κ1) is 16.1. The average molecular weight is 300 g/mol. The highest BCUT2D eigenvalue weighted by atomic mass is 32.2. The monoisotopic (exact) mass is 300 g/mol. The molecule has 0 amide bonds. The summed E-state index contributed by atoms with van der Waals surface area (Å²) in [4.78, 5) is 10.0. The number of hydrogen-bond acceptors (Lipinski definition) is 6. The molecular formula is C12H16N2O5S. The van der Waals surface area contributed by atoms with E-state index in [-0.39, 0.29) is 23.6 Å². The highest BCUT2D eigenvalue weighted by Crippen LogP contribution is 2.18. The molecule has 7 nitrogen and oxygen atoms in total. The van der Waals surface area contributed by atoms with Gasteiger partial charge in [0, 0.05) is 23.4 Å². The SMILES string of the molecule is CC[C@H](/C(=N\O)c1ccc([N+](=O)[O-])cc1)S(=O)(=O)CC. The summed E-state index contributed by atoms with van der Waals surface area (Å²) in [6, 6.07) is 5.24. The fourth-order valence-electron chi connectivity index (χ4n) is 1.88. The number of non-ortho nitro benzene ring substituents is 1. The maximum absolute atomic E-state index is 12.0. The van der Waals surface area contributed by atoms with Crippen molar-refractivity contribution in [2.75, 3.05) is 5.75 Å². The highest BCUT2D eigenvalue weighted by molar-refractivity contribution is 7.92. The molecule has 1 atom stereocenters. The van der Waals surface area contributed by atoms with Crippen LogP contribution in [0, 0.1) is 10.1 Å². The van der Waals surface area contributed by atoms with Gasteiger partial charge >= 0.3 is 0 Å². The van der Waals surface area contributed by atoms with Crippen molar-refractivity contribution in [2.24, 2.45) is 5.16 Å².